The molecule has 1 amide bonds. The van der Waals surface area contributed by atoms with Crippen molar-refractivity contribution in [3.05, 3.63) is 31.5 Å². The fraction of sp³-hybridized carbons (Fsp3) is 0. The third-order valence-corrected chi connectivity index (χ3v) is 0.948. The number of hydrogen-bond donors (Lipinski definition) is 1. The lowest BCUT2D eigenvalue weighted by atomic mass is 10.4. The minimum Gasteiger partial charge on any atom is -0.326 e. The van der Waals surface area contributed by atoms with Crippen LogP contribution in [0.3, 0.4) is 0 Å². The lowest BCUT2D eigenvalue weighted by Gasteiger charge is -1.97. The number of hydrogen-bond acceptors (Lipinski definition) is 2. The van der Waals surface area contributed by atoms with Gasteiger partial charge in [0.1, 0.15) is 0 Å². The molecule has 1 aromatic heterocycles. The van der Waals surface area contributed by atoms with E-state index in [2.05, 4.69) is 10.3 Å². The van der Waals surface area contributed by atoms with Gasteiger partial charge in [-0.05, 0) is 12.1 Å². The van der Waals surface area contributed by atoms with Gasteiger partial charge >= 0.3 is 0 Å². The minimum atomic E-state index is -0.564. The van der Waals surface area contributed by atoms with Crippen LogP contribution in [0, 0.1) is 6.92 Å². The van der Waals surface area contributed by atoms with Gasteiger partial charge in [0.25, 0.3) is 0 Å². The average molecular weight is 134 g/mol. The fourth-order valence-electron chi connectivity index (χ4n) is 0.578. The summed E-state index contributed by atoms with van der Waals surface area (Å²) in [5.41, 5.74) is 0.655. The molecule has 1 rings (SSSR count). The minimum absolute atomic E-state index is 0.564. The first-order chi connectivity index (χ1) is 4.79. The second-order valence-electron chi connectivity index (χ2n) is 1.73. The van der Waals surface area contributed by atoms with Gasteiger partial charge in [0.05, 0.1) is 6.92 Å². The highest BCUT2D eigenvalue weighted by Crippen LogP contribution is 2.01. The summed E-state index contributed by atoms with van der Waals surface area (Å²) in [4.78, 5) is 14.0. The summed E-state index contributed by atoms with van der Waals surface area (Å²) in [6, 6.07) is 3.32. The molecule has 0 fully saturated rings. The van der Waals surface area contributed by atoms with Crippen molar-refractivity contribution in [2.45, 2.75) is 0 Å². The van der Waals surface area contributed by atoms with E-state index < -0.39 is 5.91 Å². The Bertz CT molecular complexity index is 220. The topological polar surface area (TPSA) is 42.0 Å². The van der Waals surface area contributed by atoms with E-state index in [-0.39, 0.29) is 0 Å². The van der Waals surface area contributed by atoms with Crippen LogP contribution in [-0.2, 0) is 4.79 Å². The monoisotopic (exact) mass is 134 g/mol. The van der Waals surface area contributed by atoms with Crippen molar-refractivity contribution in [3.8, 4) is 0 Å². The Balaban J connectivity index is 2.67. The third kappa shape index (κ3) is 1.85. The van der Waals surface area contributed by atoms with Gasteiger partial charge in [-0.25, -0.2) is 0 Å². The number of carbonyl (C=O) groups is 1. The number of rotatable bonds is 1. The smallest absolute Gasteiger partial charge is 0.229 e. The van der Waals surface area contributed by atoms with E-state index in [0.717, 1.165) is 0 Å². The van der Waals surface area contributed by atoms with Crippen LogP contribution in [0.1, 0.15) is 0 Å². The lowest BCUT2D eigenvalue weighted by Crippen LogP contribution is -2.05. The molecule has 0 aliphatic carbocycles. The van der Waals surface area contributed by atoms with Crippen molar-refractivity contribution in [1.29, 1.82) is 0 Å². The molecule has 0 bridgehead atoms. The molecular formula is C7H6N2O. The molecule has 1 heterocycles. The average Bonchev–Trinajstić information content (AvgIpc) is 1.88. The maximum absolute atomic E-state index is 10.3. The molecule has 3 nitrogen and oxygen atoms in total. The molecular weight excluding hydrogens is 128 g/mol. The molecule has 2 radical (unpaired) electrons. The predicted molar refractivity (Wildman–Crippen MR) is 37.2 cm³/mol. The predicted octanol–water partition coefficient (Wildman–Crippen LogP) is 0.731. The highest BCUT2D eigenvalue weighted by atomic mass is 16.1. The van der Waals surface area contributed by atoms with Crippen LogP contribution in [0.15, 0.2) is 24.5 Å². The summed E-state index contributed by atoms with van der Waals surface area (Å²) < 4.78 is 0. The molecule has 3 heteroatoms. The Hall–Kier alpha value is -1.38. The van der Waals surface area contributed by atoms with Crippen LogP contribution in [0.2, 0.25) is 0 Å². The number of pyridine rings is 1. The van der Waals surface area contributed by atoms with Gasteiger partial charge in [0, 0.05) is 18.1 Å². The standard InChI is InChI=1S/C7H6N2O/c1-6(10)9-7-2-4-8-5-3-7/h1-5H,(H,8,9,10). The second-order valence-corrected chi connectivity index (χ2v) is 1.73. The molecule has 10 heavy (non-hydrogen) atoms. The largest absolute Gasteiger partial charge is 0.326 e. The molecule has 50 valence electrons. The zero-order chi connectivity index (χ0) is 7.40. The Labute approximate surface area is 59.1 Å². The maximum Gasteiger partial charge on any atom is 0.229 e. The van der Waals surface area contributed by atoms with Crippen molar-refractivity contribution in [3.63, 3.8) is 0 Å². The number of carbonyl (C=O) groups excluding carboxylic acids is 1. The highest BCUT2D eigenvalue weighted by Gasteiger charge is 1.91. The maximum atomic E-state index is 10.3. The van der Waals surface area contributed by atoms with E-state index in [1.54, 1.807) is 24.5 Å². The summed E-state index contributed by atoms with van der Waals surface area (Å²) in [5, 5.41) is 2.40. The molecule has 0 atom stereocenters. The Morgan fingerprint density at radius 3 is 2.60 bits per heavy atom. The zero-order valence-electron chi connectivity index (χ0n) is 5.24. The van der Waals surface area contributed by atoms with Gasteiger partial charge in [-0.15, -0.1) is 0 Å². The van der Waals surface area contributed by atoms with E-state index >= 15 is 0 Å². The van der Waals surface area contributed by atoms with Crippen LogP contribution in [0.5, 0.6) is 0 Å². The first-order valence-corrected chi connectivity index (χ1v) is 2.75. The van der Waals surface area contributed by atoms with Crippen molar-refractivity contribution in [2.75, 3.05) is 5.32 Å². The van der Waals surface area contributed by atoms with Crippen LogP contribution in [0.4, 0.5) is 5.69 Å². The van der Waals surface area contributed by atoms with Crippen molar-refractivity contribution < 1.29 is 4.79 Å². The zero-order valence-corrected chi connectivity index (χ0v) is 5.24. The normalized spacial score (nSPS) is 8.90. The van der Waals surface area contributed by atoms with E-state index in [4.69, 9.17) is 6.92 Å². The quantitative estimate of drug-likeness (QED) is 0.615. The molecule has 0 aliphatic heterocycles. The van der Waals surface area contributed by atoms with Gasteiger partial charge in [-0.3, -0.25) is 9.78 Å². The van der Waals surface area contributed by atoms with Crippen LogP contribution < -0.4 is 5.32 Å². The summed E-state index contributed by atoms with van der Waals surface area (Å²) in [5.74, 6) is -0.564. The fourth-order valence-corrected chi connectivity index (χ4v) is 0.578. The number of nitrogens with one attached hydrogen (secondary N) is 1. The molecule has 0 saturated carbocycles. The van der Waals surface area contributed by atoms with Crippen LogP contribution in [0.25, 0.3) is 0 Å². The summed E-state index contributed by atoms with van der Waals surface area (Å²) in [6.45, 7) is 4.85. The molecule has 0 aliphatic rings. The summed E-state index contributed by atoms with van der Waals surface area (Å²) in [7, 11) is 0. The number of nitrogens with zero attached hydrogens (tertiary/aromatic N) is 1. The number of amides is 1. The Morgan fingerprint density at radius 1 is 1.50 bits per heavy atom. The number of aromatic nitrogens is 1. The van der Waals surface area contributed by atoms with Gasteiger partial charge in [0.2, 0.25) is 5.91 Å². The van der Waals surface area contributed by atoms with Crippen molar-refractivity contribution >= 4 is 11.6 Å². The first kappa shape index (κ1) is 6.74. The van der Waals surface area contributed by atoms with Crippen molar-refractivity contribution in [1.82, 2.24) is 4.98 Å². The Morgan fingerprint density at radius 2 is 2.10 bits per heavy atom. The van der Waals surface area contributed by atoms with E-state index in [9.17, 15) is 4.79 Å². The van der Waals surface area contributed by atoms with Gasteiger partial charge in [-0.2, -0.15) is 0 Å². The van der Waals surface area contributed by atoms with Gasteiger partial charge < -0.3 is 5.32 Å². The number of anilines is 1. The Kier molecular flexibility index (Phi) is 1.99. The summed E-state index contributed by atoms with van der Waals surface area (Å²) in [6.07, 6.45) is 3.15. The second kappa shape index (κ2) is 2.96. The lowest BCUT2D eigenvalue weighted by molar-refractivity contribution is -0.112. The molecule has 0 spiro atoms. The van der Waals surface area contributed by atoms with Crippen LogP contribution >= 0.6 is 0 Å². The van der Waals surface area contributed by atoms with Gasteiger partial charge in [0.15, 0.2) is 0 Å². The van der Waals surface area contributed by atoms with E-state index in [1.165, 1.54) is 0 Å². The van der Waals surface area contributed by atoms with Gasteiger partial charge in [-0.1, -0.05) is 0 Å². The molecule has 0 unspecified atom stereocenters. The van der Waals surface area contributed by atoms with Crippen molar-refractivity contribution in [2.24, 2.45) is 0 Å². The molecule has 1 aromatic rings. The molecule has 0 aromatic carbocycles. The summed E-state index contributed by atoms with van der Waals surface area (Å²) >= 11 is 0. The molecule has 1 N–H and O–H groups in total. The molecule has 0 saturated heterocycles. The first-order valence-electron chi connectivity index (χ1n) is 2.75. The van der Waals surface area contributed by atoms with E-state index in [1.807, 2.05) is 0 Å². The highest BCUT2D eigenvalue weighted by molar-refractivity contribution is 5.93. The SMILES string of the molecule is [CH]C(=O)Nc1ccncc1. The van der Waals surface area contributed by atoms with E-state index in [0.29, 0.717) is 5.69 Å². The third-order valence-electron chi connectivity index (χ3n) is 0.948. The van der Waals surface area contributed by atoms with Crippen LogP contribution in [-0.4, -0.2) is 10.9 Å².